The number of rotatable bonds is 5. The van der Waals surface area contributed by atoms with Crippen molar-refractivity contribution in [3.8, 4) is 28.2 Å². The zero-order chi connectivity index (χ0) is 34.8. The highest BCUT2D eigenvalue weighted by atomic mass is 35.5. The second-order valence-electron chi connectivity index (χ2n) is 12.8. The van der Waals surface area contributed by atoms with Gasteiger partial charge >= 0.3 is 0 Å². The van der Waals surface area contributed by atoms with E-state index in [1.807, 2.05) is 66.7 Å². The van der Waals surface area contributed by atoms with Crippen molar-refractivity contribution < 1.29 is 4.74 Å². The van der Waals surface area contributed by atoms with Crippen molar-refractivity contribution in [1.82, 2.24) is 19.1 Å². The van der Waals surface area contributed by atoms with E-state index in [2.05, 4.69) is 106 Å². The summed E-state index contributed by atoms with van der Waals surface area (Å²) in [4.78, 5) is 10.1. The van der Waals surface area contributed by atoms with Crippen molar-refractivity contribution in [1.29, 1.82) is 0 Å². The molecule has 7 heteroatoms. The lowest BCUT2D eigenvalue weighted by molar-refractivity contribution is 0.151. The second-order valence-corrected chi connectivity index (χ2v) is 13.7. The van der Waals surface area contributed by atoms with Gasteiger partial charge in [0, 0.05) is 48.4 Å². The molecule has 5 nitrogen and oxygen atoms in total. The maximum Gasteiger partial charge on any atom is 0.196 e. The summed E-state index contributed by atoms with van der Waals surface area (Å²) in [5.41, 5.74) is 8.72. The van der Waals surface area contributed by atoms with Gasteiger partial charge in [0.05, 0.1) is 33.5 Å². The van der Waals surface area contributed by atoms with E-state index in [0.29, 0.717) is 21.6 Å². The number of hydrogen-bond donors (Lipinski definition) is 0. The predicted octanol–water partition coefficient (Wildman–Crippen LogP) is 12.4. The number of fused-ring (bicyclic) bond motifs is 7. The lowest BCUT2D eigenvalue weighted by Crippen LogP contribution is -2.14. The van der Waals surface area contributed by atoms with E-state index in [0.717, 1.165) is 61.0 Å². The van der Waals surface area contributed by atoms with Crippen LogP contribution in [-0.2, 0) is 4.74 Å². The van der Waals surface area contributed by atoms with Gasteiger partial charge in [-0.05, 0) is 66.7 Å². The summed E-state index contributed by atoms with van der Waals surface area (Å²) in [6.45, 7) is 0. The van der Waals surface area contributed by atoms with Crippen LogP contribution in [0.1, 0.15) is 12.1 Å². The molecule has 248 valence electrons. The smallest absolute Gasteiger partial charge is 0.196 e. The first-order valence-corrected chi connectivity index (χ1v) is 17.8. The van der Waals surface area contributed by atoms with E-state index in [1.54, 1.807) is 0 Å². The van der Waals surface area contributed by atoms with Crippen molar-refractivity contribution in [3.05, 3.63) is 180 Å². The third-order valence-electron chi connectivity index (χ3n) is 9.73. The highest BCUT2D eigenvalue weighted by Gasteiger charge is 2.26. The molecule has 1 unspecified atom stereocenters. The number of nitrogens with zero attached hydrogens (tertiary/aromatic N) is 4. The minimum absolute atomic E-state index is 0.464. The van der Waals surface area contributed by atoms with Gasteiger partial charge in [-0.25, -0.2) is 9.97 Å². The van der Waals surface area contributed by atoms with Crippen molar-refractivity contribution in [2.24, 2.45) is 0 Å². The van der Waals surface area contributed by atoms with Gasteiger partial charge < -0.3 is 9.30 Å². The van der Waals surface area contributed by atoms with Gasteiger partial charge in [0.25, 0.3) is 0 Å². The highest BCUT2D eigenvalue weighted by molar-refractivity contribution is 6.31. The number of hydrogen-bond acceptors (Lipinski definition) is 3. The van der Waals surface area contributed by atoms with E-state index in [9.17, 15) is 0 Å². The normalized spacial score (nSPS) is 14.3. The number of aromatic nitrogens is 4. The summed E-state index contributed by atoms with van der Waals surface area (Å²) in [6.07, 6.45) is 5.55. The van der Waals surface area contributed by atoms with Crippen LogP contribution in [0.4, 0.5) is 0 Å². The summed E-state index contributed by atoms with van der Waals surface area (Å²) < 4.78 is 11.7. The van der Waals surface area contributed by atoms with E-state index < -0.39 is 6.23 Å². The van der Waals surface area contributed by atoms with Crippen LogP contribution in [0.15, 0.2) is 164 Å². The van der Waals surface area contributed by atoms with Crippen LogP contribution < -0.4 is 0 Å². The zero-order valence-corrected chi connectivity index (χ0v) is 29.1. The lowest BCUT2D eigenvalue weighted by Gasteiger charge is -2.24. The fourth-order valence-corrected chi connectivity index (χ4v) is 7.88. The Morgan fingerprint density at radius 3 is 1.81 bits per heavy atom. The number of para-hydroxylation sites is 3. The van der Waals surface area contributed by atoms with Crippen LogP contribution in [0.5, 0.6) is 0 Å². The Labute approximate surface area is 309 Å². The summed E-state index contributed by atoms with van der Waals surface area (Å²) in [5.74, 6) is 1.02. The maximum absolute atomic E-state index is 6.98. The minimum atomic E-state index is -0.497. The molecule has 1 aliphatic heterocycles. The topological polar surface area (TPSA) is 44.9 Å². The number of halogens is 2. The Bertz CT molecular complexity index is 2860. The first-order valence-electron chi connectivity index (χ1n) is 17.1. The number of ether oxygens (including phenoxy) is 1. The molecule has 0 bridgehead atoms. The van der Waals surface area contributed by atoms with Gasteiger partial charge in [-0.3, -0.25) is 4.57 Å². The van der Waals surface area contributed by atoms with Crippen LogP contribution in [-0.4, -0.2) is 19.1 Å². The van der Waals surface area contributed by atoms with E-state index >= 15 is 0 Å². The molecule has 9 aromatic rings. The van der Waals surface area contributed by atoms with E-state index in [4.69, 9.17) is 37.9 Å². The molecular formula is C45H28Cl2N4O. The summed E-state index contributed by atoms with van der Waals surface area (Å²) in [6, 6.07) is 49.5. The van der Waals surface area contributed by atoms with Gasteiger partial charge in [-0.15, -0.1) is 0 Å². The average molecular weight is 712 g/mol. The molecule has 0 saturated heterocycles. The van der Waals surface area contributed by atoms with Crippen molar-refractivity contribution in [2.75, 3.05) is 0 Å². The third kappa shape index (κ3) is 5.01. The Kier molecular flexibility index (Phi) is 7.24. The van der Waals surface area contributed by atoms with Crippen LogP contribution in [0, 0.1) is 0 Å². The number of benzene rings is 6. The molecular weight excluding hydrogens is 683 g/mol. The molecule has 0 aliphatic carbocycles. The van der Waals surface area contributed by atoms with Crippen LogP contribution >= 0.6 is 23.2 Å². The molecule has 1 aliphatic rings. The minimum Gasteiger partial charge on any atom is -0.463 e. The molecule has 0 saturated carbocycles. The molecule has 4 heterocycles. The molecule has 10 rings (SSSR count). The maximum atomic E-state index is 6.98. The fraction of sp³-hybridized carbons (Fsp3) is 0.0222. The van der Waals surface area contributed by atoms with Crippen LogP contribution in [0.25, 0.3) is 77.6 Å². The lowest BCUT2D eigenvalue weighted by atomic mass is 10.1. The largest absolute Gasteiger partial charge is 0.463 e. The van der Waals surface area contributed by atoms with Crippen molar-refractivity contribution in [2.45, 2.75) is 6.23 Å². The van der Waals surface area contributed by atoms with E-state index in [1.165, 1.54) is 10.8 Å². The Balaban J connectivity index is 1.19. The Hall–Kier alpha value is -6.14. The predicted molar refractivity (Wildman–Crippen MR) is 214 cm³/mol. The fourth-order valence-electron chi connectivity index (χ4n) is 7.50. The molecule has 0 amide bonds. The quantitative estimate of drug-likeness (QED) is 0.179. The standard InChI is InChI=1S/C45H28Cl2N4O/c46-30-13-8-11-28(25-30)37-27-38(29-12-9-14-31(47)26-29)49-45(48-37)41-21-10-22-42(52-41)51-40-20-7-5-18-34(40)36-24-23-35-33-17-4-6-19-39(33)50(43(35)44(36)51)32-15-2-1-3-16-32/h1-27,42H. The molecule has 0 spiro atoms. The summed E-state index contributed by atoms with van der Waals surface area (Å²) in [7, 11) is 0. The molecule has 0 N–H and O–H groups in total. The van der Waals surface area contributed by atoms with Gasteiger partial charge in [0.15, 0.2) is 17.8 Å². The molecule has 1 atom stereocenters. The molecule has 52 heavy (non-hydrogen) atoms. The van der Waals surface area contributed by atoms with Crippen molar-refractivity contribution in [3.63, 3.8) is 0 Å². The SMILES string of the molecule is Clc1cccc(-c2cc(-c3cccc(Cl)c3)nc(C3=CC=CC(n4c5ccccc5c5ccc6c7ccccc7n(-c7ccccc7)c6c54)O3)n2)c1. The summed E-state index contributed by atoms with van der Waals surface area (Å²) in [5, 5.41) is 5.93. The van der Waals surface area contributed by atoms with Crippen molar-refractivity contribution >= 4 is 72.6 Å². The monoisotopic (exact) mass is 710 g/mol. The van der Waals surface area contributed by atoms with Gasteiger partial charge in [0.1, 0.15) is 0 Å². The zero-order valence-electron chi connectivity index (χ0n) is 27.6. The first kappa shape index (κ1) is 30.7. The van der Waals surface area contributed by atoms with Gasteiger partial charge in [-0.1, -0.05) is 120 Å². The van der Waals surface area contributed by atoms with Gasteiger partial charge in [-0.2, -0.15) is 0 Å². The third-order valence-corrected chi connectivity index (χ3v) is 10.2. The average Bonchev–Trinajstić information content (AvgIpc) is 3.71. The van der Waals surface area contributed by atoms with E-state index in [-0.39, 0.29) is 0 Å². The molecule has 0 fully saturated rings. The van der Waals surface area contributed by atoms with Gasteiger partial charge in [0.2, 0.25) is 0 Å². The van der Waals surface area contributed by atoms with Crippen LogP contribution in [0.3, 0.4) is 0 Å². The molecule has 3 aromatic heterocycles. The second kappa shape index (κ2) is 12.3. The first-order chi connectivity index (χ1) is 25.6. The molecule has 0 radical (unpaired) electrons. The number of allylic oxidation sites excluding steroid dienone is 2. The highest BCUT2D eigenvalue weighted by Crippen LogP contribution is 2.43. The molecule has 6 aromatic carbocycles. The summed E-state index contributed by atoms with van der Waals surface area (Å²) >= 11 is 12.9. The Morgan fingerprint density at radius 1 is 0.538 bits per heavy atom. The van der Waals surface area contributed by atoms with Crippen LogP contribution in [0.2, 0.25) is 10.0 Å². The Morgan fingerprint density at radius 2 is 1.13 bits per heavy atom.